The molecule has 0 unspecified atom stereocenters. The molecular formula is C10H12F3N3O. The van der Waals surface area contributed by atoms with Crippen LogP contribution in [0.2, 0.25) is 0 Å². The summed E-state index contributed by atoms with van der Waals surface area (Å²) in [6.45, 7) is 0.451. The standard InChI is InChI=1S/C10H12F3N3O/c11-10(12,13)7-1-3-8(4-2-7)17-6-5-16-9(14)15/h1-4H,5-6H2,(H4,14,15,16). The largest absolute Gasteiger partial charge is 0.492 e. The molecule has 0 aliphatic heterocycles. The summed E-state index contributed by atoms with van der Waals surface area (Å²) in [5, 5.41) is 0. The lowest BCUT2D eigenvalue weighted by molar-refractivity contribution is -0.137. The van der Waals surface area contributed by atoms with Crippen molar-refractivity contribution in [3.05, 3.63) is 29.8 Å². The molecule has 4 N–H and O–H groups in total. The van der Waals surface area contributed by atoms with Crippen molar-refractivity contribution in [1.29, 1.82) is 0 Å². The Morgan fingerprint density at radius 3 is 2.24 bits per heavy atom. The van der Waals surface area contributed by atoms with Crippen LogP contribution in [-0.2, 0) is 6.18 Å². The van der Waals surface area contributed by atoms with Gasteiger partial charge >= 0.3 is 6.18 Å². The van der Waals surface area contributed by atoms with Crippen LogP contribution >= 0.6 is 0 Å². The molecule has 17 heavy (non-hydrogen) atoms. The number of hydrogen-bond donors (Lipinski definition) is 2. The first-order valence-corrected chi connectivity index (χ1v) is 4.75. The Morgan fingerprint density at radius 1 is 1.18 bits per heavy atom. The van der Waals surface area contributed by atoms with Gasteiger partial charge < -0.3 is 16.2 Å². The Hall–Kier alpha value is -1.92. The molecule has 0 atom stereocenters. The molecule has 0 saturated carbocycles. The van der Waals surface area contributed by atoms with Crippen LogP contribution in [-0.4, -0.2) is 19.1 Å². The van der Waals surface area contributed by atoms with Gasteiger partial charge in [0.25, 0.3) is 0 Å². The van der Waals surface area contributed by atoms with Gasteiger partial charge in [0, 0.05) is 0 Å². The van der Waals surface area contributed by atoms with E-state index >= 15 is 0 Å². The normalized spacial score (nSPS) is 11.0. The summed E-state index contributed by atoms with van der Waals surface area (Å²) in [4.78, 5) is 3.66. The van der Waals surface area contributed by atoms with E-state index < -0.39 is 11.7 Å². The third-order valence-electron chi connectivity index (χ3n) is 1.84. The van der Waals surface area contributed by atoms with Crippen molar-refractivity contribution in [2.75, 3.05) is 13.2 Å². The quantitative estimate of drug-likeness (QED) is 0.479. The summed E-state index contributed by atoms with van der Waals surface area (Å²) < 4.78 is 41.8. The van der Waals surface area contributed by atoms with Gasteiger partial charge in [-0.25, -0.2) is 0 Å². The van der Waals surface area contributed by atoms with Crippen LogP contribution in [0.3, 0.4) is 0 Å². The van der Waals surface area contributed by atoms with E-state index in [1.54, 1.807) is 0 Å². The number of rotatable bonds is 4. The number of guanidine groups is 1. The zero-order valence-corrected chi connectivity index (χ0v) is 8.87. The first-order chi connectivity index (χ1) is 7.89. The van der Waals surface area contributed by atoms with Crippen LogP contribution in [0.1, 0.15) is 5.56 Å². The number of nitrogens with zero attached hydrogens (tertiary/aromatic N) is 1. The van der Waals surface area contributed by atoms with E-state index in [1.165, 1.54) is 12.1 Å². The van der Waals surface area contributed by atoms with E-state index in [2.05, 4.69) is 4.99 Å². The van der Waals surface area contributed by atoms with Crippen LogP contribution < -0.4 is 16.2 Å². The van der Waals surface area contributed by atoms with Gasteiger partial charge in [-0.1, -0.05) is 0 Å². The number of benzene rings is 1. The van der Waals surface area contributed by atoms with Crippen LogP contribution in [0, 0.1) is 0 Å². The maximum Gasteiger partial charge on any atom is 0.416 e. The van der Waals surface area contributed by atoms with Crippen molar-refractivity contribution in [3.8, 4) is 5.75 Å². The van der Waals surface area contributed by atoms with E-state index in [0.717, 1.165) is 12.1 Å². The Labute approximate surface area is 96.1 Å². The van der Waals surface area contributed by atoms with Crippen molar-refractivity contribution in [2.24, 2.45) is 16.5 Å². The average Bonchev–Trinajstić information content (AvgIpc) is 2.23. The molecule has 94 valence electrons. The predicted octanol–water partition coefficient (Wildman–Crippen LogP) is 1.36. The number of halogens is 3. The van der Waals surface area contributed by atoms with Gasteiger partial charge in [0.2, 0.25) is 0 Å². The topological polar surface area (TPSA) is 73.6 Å². The third kappa shape index (κ3) is 4.62. The molecule has 7 heteroatoms. The zero-order chi connectivity index (χ0) is 12.9. The van der Waals surface area contributed by atoms with Crippen molar-refractivity contribution < 1.29 is 17.9 Å². The highest BCUT2D eigenvalue weighted by Gasteiger charge is 2.29. The van der Waals surface area contributed by atoms with Crippen LogP contribution in [0.5, 0.6) is 5.75 Å². The summed E-state index contributed by atoms with van der Waals surface area (Å²) in [6.07, 6.45) is -4.34. The Kier molecular flexibility index (Phi) is 4.19. The second kappa shape index (κ2) is 5.42. The Bertz CT molecular complexity index is 383. The lowest BCUT2D eigenvalue weighted by atomic mass is 10.2. The predicted molar refractivity (Wildman–Crippen MR) is 57.6 cm³/mol. The second-order valence-corrected chi connectivity index (χ2v) is 3.18. The molecule has 0 amide bonds. The molecule has 0 aromatic heterocycles. The molecule has 0 aliphatic carbocycles. The molecule has 0 aliphatic rings. The summed E-state index contributed by atoms with van der Waals surface area (Å²) in [5.74, 6) is 0.282. The molecule has 1 aromatic rings. The molecule has 0 spiro atoms. The third-order valence-corrected chi connectivity index (χ3v) is 1.84. The van der Waals surface area contributed by atoms with Crippen molar-refractivity contribution in [2.45, 2.75) is 6.18 Å². The SMILES string of the molecule is NC(N)=NCCOc1ccc(C(F)(F)F)cc1. The zero-order valence-electron chi connectivity index (χ0n) is 8.87. The van der Waals surface area contributed by atoms with Crippen molar-refractivity contribution >= 4 is 5.96 Å². The van der Waals surface area contributed by atoms with Crippen LogP contribution in [0.15, 0.2) is 29.3 Å². The second-order valence-electron chi connectivity index (χ2n) is 3.18. The summed E-state index contributed by atoms with van der Waals surface area (Å²) >= 11 is 0. The highest BCUT2D eigenvalue weighted by molar-refractivity contribution is 5.75. The maximum absolute atomic E-state index is 12.2. The minimum Gasteiger partial charge on any atom is -0.492 e. The lowest BCUT2D eigenvalue weighted by Gasteiger charge is -2.08. The number of ether oxygens (including phenoxy) is 1. The molecule has 1 rings (SSSR count). The van der Waals surface area contributed by atoms with Gasteiger partial charge in [0.15, 0.2) is 5.96 Å². The van der Waals surface area contributed by atoms with E-state index in [9.17, 15) is 13.2 Å². The Morgan fingerprint density at radius 2 is 1.76 bits per heavy atom. The first-order valence-electron chi connectivity index (χ1n) is 4.75. The minimum atomic E-state index is -4.34. The molecule has 0 heterocycles. The number of alkyl halides is 3. The highest BCUT2D eigenvalue weighted by atomic mass is 19.4. The fraction of sp³-hybridized carbons (Fsp3) is 0.300. The fourth-order valence-electron chi connectivity index (χ4n) is 1.08. The van der Waals surface area contributed by atoms with E-state index in [-0.39, 0.29) is 19.1 Å². The Balaban J connectivity index is 2.49. The molecule has 0 saturated heterocycles. The summed E-state index contributed by atoms with van der Waals surface area (Å²) in [7, 11) is 0. The van der Waals surface area contributed by atoms with Gasteiger partial charge in [-0.05, 0) is 24.3 Å². The van der Waals surface area contributed by atoms with Crippen LogP contribution in [0.25, 0.3) is 0 Å². The van der Waals surface area contributed by atoms with Gasteiger partial charge in [-0.15, -0.1) is 0 Å². The summed E-state index contributed by atoms with van der Waals surface area (Å²) in [6, 6.07) is 4.41. The van der Waals surface area contributed by atoms with Crippen molar-refractivity contribution in [3.63, 3.8) is 0 Å². The molecule has 0 radical (unpaired) electrons. The summed E-state index contributed by atoms with van der Waals surface area (Å²) in [5.41, 5.74) is 9.46. The number of aliphatic imine (C=N–C) groups is 1. The molecule has 0 bridgehead atoms. The van der Waals surface area contributed by atoms with Gasteiger partial charge in [-0.2, -0.15) is 13.2 Å². The van der Waals surface area contributed by atoms with Gasteiger partial charge in [0.1, 0.15) is 12.4 Å². The lowest BCUT2D eigenvalue weighted by Crippen LogP contribution is -2.23. The van der Waals surface area contributed by atoms with Crippen LogP contribution in [0.4, 0.5) is 13.2 Å². The molecule has 0 fully saturated rings. The van der Waals surface area contributed by atoms with E-state index in [1.807, 2.05) is 0 Å². The molecule has 1 aromatic carbocycles. The van der Waals surface area contributed by atoms with E-state index in [4.69, 9.17) is 16.2 Å². The minimum absolute atomic E-state index is 0.0546. The smallest absolute Gasteiger partial charge is 0.416 e. The maximum atomic E-state index is 12.2. The van der Waals surface area contributed by atoms with Crippen molar-refractivity contribution in [1.82, 2.24) is 0 Å². The first kappa shape index (κ1) is 13.1. The molecule has 4 nitrogen and oxygen atoms in total. The fourth-order valence-corrected chi connectivity index (χ4v) is 1.08. The van der Waals surface area contributed by atoms with Gasteiger partial charge in [-0.3, -0.25) is 4.99 Å². The molecular weight excluding hydrogens is 235 g/mol. The monoisotopic (exact) mass is 247 g/mol. The number of nitrogens with two attached hydrogens (primary N) is 2. The highest BCUT2D eigenvalue weighted by Crippen LogP contribution is 2.30. The van der Waals surface area contributed by atoms with E-state index in [0.29, 0.717) is 5.75 Å². The number of hydrogen-bond acceptors (Lipinski definition) is 2. The van der Waals surface area contributed by atoms with Gasteiger partial charge in [0.05, 0.1) is 12.1 Å². The average molecular weight is 247 g/mol.